The Labute approximate surface area is 133 Å². The number of furan rings is 1. The SMILES string of the molecule is NC(=O)c1ccc2c(n1)N(C(=O)c1ccoc1C1CC1)CCC2. The molecule has 0 radical (unpaired) electrons. The molecular formula is C17H17N3O3. The van der Waals surface area contributed by atoms with E-state index < -0.39 is 5.91 Å². The Morgan fingerprint density at radius 2 is 2.09 bits per heavy atom. The Bertz CT molecular complexity index is 792. The first-order chi connectivity index (χ1) is 11.1. The molecule has 0 bridgehead atoms. The number of hydrogen-bond acceptors (Lipinski definition) is 4. The molecule has 0 aromatic carbocycles. The first kappa shape index (κ1) is 14.0. The molecular weight excluding hydrogens is 294 g/mol. The van der Waals surface area contributed by atoms with E-state index in [1.807, 2.05) is 6.07 Å². The van der Waals surface area contributed by atoms with Crippen molar-refractivity contribution in [2.45, 2.75) is 31.6 Å². The van der Waals surface area contributed by atoms with Gasteiger partial charge in [0.15, 0.2) is 0 Å². The van der Waals surface area contributed by atoms with Crippen LogP contribution in [0.1, 0.15) is 57.4 Å². The van der Waals surface area contributed by atoms with Gasteiger partial charge in [0, 0.05) is 12.5 Å². The highest BCUT2D eigenvalue weighted by atomic mass is 16.3. The maximum absolute atomic E-state index is 13.0. The molecule has 2 aromatic rings. The van der Waals surface area contributed by atoms with Gasteiger partial charge in [0.25, 0.3) is 11.8 Å². The molecule has 4 rings (SSSR count). The van der Waals surface area contributed by atoms with Crippen LogP contribution in [0.4, 0.5) is 5.82 Å². The number of pyridine rings is 1. The van der Waals surface area contributed by atoms with Crippen molar-refractivity contribution in [1.82, 2.24) is 4.98 Å². The van der Waals surface area contributed by atoms with E-state index in [-0.39, 0.29) is 11.6 Å². The van der Waals surface area contributed by atoms with Crippen LogP contribution in [0.3, 0.4) is 0 Å². The molecule has 1 aliphatic heterocycles. The number of primary amides is 1. The van der Waals surface area contributed by atoms with E-state index in [0.29, 0.717) is 23.8 Å². The second kappa shape index (κ2) is 5.22. The second-order valence-corrected chi connectivity index (χ2v) is 6.08. The van der Waals surface area contributed by atoms with Gasteiger partial charge in [-0.15, -0.1) is 0 Å². The highest BCUT2D eigenvalue weighted by Gasteiger charge is 2.34. The summed E-state index contributed by atoms with van der Waals surface area (Å²) in [5.74, 6) is 0.968. The molecule has 23 heavy (non-hydrogen) atoms. The summed E-state index contributed by atoms with van der Waals surface area (Å²) in [7, 11) is 0. The van der Waals surface area contributed by atoms with E-state index in [1.165, 1.54) is 0 Å². The third-order valence-corrected chi connectivity index (χ3v) is 4.41. The minimum Gasteiger partial charge on any atom is -0.468 e. The monoisotopic (exact) mass is 311 g/mol. The quantitative estimate of drug-likeness (QED) is 0.941. The Kier molecular flexibility index (Phi) is 3.18. The predicted molar refractivity (Wildman–Crippen MR) is 83.4 cm³/mol. The van der Waals surface area contributed by atoms with Crippen molar-refractivity contribution in [3.8, 4) is 0 Å². The number of anilines is 1. The van der Waals surface area contributed by atoms with Crippen LogP contribution in [-0.4, -0.2) is 23.3 Å². The lowest BCUT2D eigenvalue weighted by Gasteiger charge is -2.28. The molecule has 2 aliphatic rings. The lowest BCUT2D eigenvalue weighted by molar-refractivity contribution is 0.0974. The Morgan fingerprint density at radius 3 is 2.83 bits per heavy atom. The maximum Gasteiger partial charge on any atom is 0.267 e. The number of carbonyl (C=O) groups excluding carboxylic acids is 2. The minimum absolute atomic E-state index is 0.115. The van der Waals surface area contributed by atoms with E-state index in [9.17, 15) is 9.59 Å². The number of fused-ring (bicyclic) bond motifs is 1. The van der Waals surface area contributed by atoms with Gasteiger partial charge in [0.2, 0.25) is 0 Å². The zero-order valence-electron chi connectivity index (χ0n) is 12.6. The van der Waals surface area contributed by atoms with E-state index in [4.69, 9.17) is 10.2 Å². The molecule has 2 amide bonds. The lowest BCUT2D eigenvalue weighted by Crippen LogP contribution is -2.37. The van der Waals surface area contributed by atoms with Crippen LogP contribution >= 0.6 is 0 Å². The van der Waals surface area contributed by atoms with Crippen molar-refractivity contribution in [1.29, 1.82) is 0 Å². The average molecular weight is 311 g/mol. The number of aryl methyl sites for hydroxylation is 1. The van der Waals surface area contributed by atoms with Crippen LogP contribution in [0, 0.1) is 0 Å². The number of nitrogens with zero attached hydrogens (tertiary/aromatic N) is 2. The van der Waals surface area contributed by atoms with E-state index in [1.54, 1.807) is 23.3 Å². The number of hydrogen-bond donors (Lipinski definition) is 1. The van der Waals surface area contributed by atoms with Crippen LogP contribution in [-0.2, 0) is 6.42 Å². The number of nitrogens with two attached hydrogens (primary N) is 1. The van der Waals surface area contributed by atoms with Crippen LogP contribution in [0.2, 0.25) is 0 Å². The summed E-state index contributed by atoms with van der Waals surface area (Å²) in [6, 6.07) is 5.17. The highest BCUT2D eigenvalue weighted by molar-refractivity contribution is 6.07. The summed E-state index contributed by atoms with van der Waals surface area (Å²) < 4.78 is 5.51. The topological polar surface area (TPSA) is 89.4 Å². The minimum atomic E-state index is -0.590. The molecule has 3 heterocycles. The Balaban J connectivity index is 1.73. The Hall–Kier alpha value is -2.63. The molecule has 0 unspecified atom stereocenters. The second-order valence-electron chi connectivity index (χ2n) is 6.08. The van der Waals surface area contributed by atoms with Crippen molar-refractivity contribution >= 4 is 17.6 Å². The number of rotatable bonds is 3. The molecule has 0 atom stereocenters. The van der Waals surface area contributed by atoms with Gasteiger partial charge in [-0.05, 0) is 43.4 Å². The van der Waals surface area contributed by atoms with Crippen molar-refractivity contribution in [2.24, 2.45) is 5.73 Å². The Morgan fingerprint density at radius 1 is 1.26 bits per heavy atom. The summed E-state index contributed by atoms with van der Waals surface area (Å²) in [4.78, 5) is 30.3. The molecule has 118 valence electrons. The molecule has 0 spiro atoms. The summed E-state index contributed by atoms with van der Waals surface area (Å²) in [6.07, 6.45) is 5.40. The van der Waals surface area contributed by atoms with Gasteiger partial charge in [-0.1, -0.05) is 6.07 Å². The third-order valence-electron chi connectivity index (χ3n) is 4.41. The molecule has 2 N–H and O–H groups in total. The summed E-state index contributed by atoms with van der Waals surface area (Å²) in [5.41, 5.74) is 7.06. The predicted octanol–water partition coefficient (Wildman–Crippen LogP) is 2.24. The van der Waals surface area contributed by atoms with Crippen LogP contribution in [0.25, 0.3) is 0 Å². The van der Waals surface area contributed by atoms with Crippen molar-refractivity contribution < 1.29 is 14.0 Å². The van der Waals surface area contributed by atoms with Crippen LogP contribution in [0.5, 0.6) is 0 Å². The van der Waals surface area contributed by atoms with E-state index in [0.717, 1.165) is 37.0 Å². The molecule has 1 saturated carbocycles. The summed E-state index contributed by atoms with van der Waals surface area (Å²) >= 11 is 0. The van der Waals surface area contributed by atoms with Gasteiger partial charge in [-0.25, -0.2) is 4.98 Å². The fourth-order valence-corrected chi connectivity index (χ4v) is 3.08. The van der Waals surface area contributed by atoms with Crippen LogP contribution < -0.4 is 10.6 Å². The molecule has 1 aliphatic carbocycles. The number of aromatic nitrogens is 1. The van der Waals surface area contributed by atoms with Crippen molar-refractivity contribution in [2.75, 3.05) is 11.4 Å². The average Bonchev–Trinajstić information content (AvgIpc) is 3.30. The normalized spacial score (nSPS) is 17.0. The van der Waals surface area contributed by atoms with Gasteiger partial charge in [0.1, 0.15) is 17.3 Å². The standard InChI is InChI=1S/C17H17N3O3/c18-15(21)13-6-5-11-2-1-8-20(16(11)19-13)17(22)12-7-9-23-14(12)10-3-4-10/h5-7,9-10H,1-4,8H2,(H2,18,21). The first-order valence-electron chi connectivity index (χ1n) is 7.84. The van der Waals surface area contributed by atoms with E-state index >= 15 is 0 Å². The molecule has 0 saturated heterocycles. The number of amides is 2. The van der Waals surface area contributed by atoms with Gasteiger partial charge < -0.3 is 10.2 Å². The summed E-state index contributed by atoms with van der Waals surface area (Å²) in [5, 5.41) is 0. The van der Waals surface area contributed by atoms with Gasteiger partial charge in [-0.3, -0.25) is 14.5 Å². The number of carbonyl (C=O) groups is 2. The first-order valence-corrected chi connectivity index (χ1v) is 7.84. The van der Waals surface area contributed by atoms with Crippen molar-refractivity contribution in [3.63, 3.8) is 0 Å². The highest BCUT2D eigenvalue weighted by Crippen LogP contribution is 2.42. The fourth-order valence-electron chi connectivity index (χ4n) is 3.08. The summed E-state index contributed by atoms with van der Waals surface area (Å²) in [6.45, 7) is 0.580. The zero-order valence-corrected chi connectivity index (χ0v) is 12.6. The molecule has 2 aromatic heterocycles. The van der Waals surface area contributed by atoms with E-state index in [2.05, 4.69) is 4.98 Å². The van der Waals surface area contributed by atoms with Gasteiger partial charge in [0.05, 0.1) is 11.8 Å². The van der Waals surface area contributed by atoms with Gasteiger partial charge in [-0.2, -0.15) is 0 Å². The van der Waals surface area contributed by atoms with Crippen LogP contribution in [0.15, 0.2) is 28.9 Å². The van der Waals surface area contributed by atoms with Gasteiger partial charge >= 0.3 is 0 Å². The fraction of sp³-hybridized carbons (Fsp3) is 0.353. The molecule has 6 heteroatoms. The third kappa shape index (κ3) is 2.40. The largest absolute Gasteiger partial charge is 0.468 e. The lowest BCUT2D eigenvalue weighted by atomic mass is 10.0. The smallest absolute Gasteiger partial charge is 0.267 e. The molecule has 1 fully saturated rings. The van der Waals surface area contributed by atoms with Crippen molar-refractivity contribution in [3.05, 3.63) is 47.0 Å². The zero-order chi connectivity index (χ0) is 16.0. The maximum atomic E-state index is 13.0. The molecule has 6 nitrogen and oxygen atoms in total.